The van der Waals surface area contributed by atoms with Crippen LogP contribution in [0, 0.1) is 0 Å². The molecule has 1 aliphatic heterocycles. The molecule has 0 fully saturated rings. The van der Waals surface area contributed by atoms with Crippen molar-refractivity contribution in [2.45, 2.75) is 18.9 Å². The summed E-state index contributed by atoms with van der Waals surface area (Å²) in [6.07, 6.45) is 2.24. The molecule has 0 saturated heterocycles. The zero-order valence-electron chi connectivity index (χ0n) is 10.9. The number of aryl methyl sites for hydroxylation is 1. The predicted molar refractivity (Wildman–Crippen MR) is 89.5 cm³/mol. The molecule has 0 aromatic heterocycles. The zero-order valence-corrected chi connectivity index (χ0v) is 14.1. The first kappa shape index (κ1) is 14.0. The Balaban J connectivity index is 1.71. The molecule has 3 rings (SSSR count). The van der Waals surface area contributed by atoms with Crippen LogP contribution >= 0.6 is 31.9 Å². The maximum Gasteiger partial charge on any atom is 0.134 e. The van der Waals surface area contributed by atoms with E-state index < -0.39 is 0 Å². The molecular weight excluding hydrogens is 382 g/mol. The average molecular weight is 397 g/mol. The van der Waals surface area contributed by atoms with E-state index in [4.69, 9.17) is 4.74 Å². The van der Waals surface area contributed by atoms with Crippen LogP contribution in [0.1, 0.15) is 12.0 Å². The van der Waals surface area contributed by atoms with Crippen molar-refractivity contribution < 1.29 is 4.74 Å². The van der Waals surface area contributed by atoms with Crippen LogP contribution in [0.25, 0.3) is 0 Å². The lowest BCUT2D eigenvalue weighted by molar-refractivity contribution is 0.205. The Bertz CT molecular complexity index is 588. The van der Waals surface area contributed by atoms with Crippen molar-refractivity contribution in [3.63, 3.8) is 0 Å². The van der Waals surface area contributed by atoms with Gasteiger partial charge in [0.2, 0.25) is 0 Å². The summed E-state index contributed by atoms with van der Waals surface area (Å²) in [6.45, 7) is 0.833. The third kappa shape index (κ3) is 3.18. The molecule has 1 atom stereocenters. The Morgan fingerprint density at radius 2 is 1.95 bits per heavy atom. The van der Waals surface area contributed by atoms with Crippen molar-refractivity contribution in [3.8, 4) is 5.75 Å². The van der Waals surface area contributed by atoms with Crippen molar-refractivity contribution in [1.82, 2.24) is 0 Å². The molecule has 1 N–H and O–H groups in total. The minimum absolute atomic E-state index is 0.180. The maximum absolute atomic E-state index is 6.12. The molecule has 0 aliphatic carbocycles. The molecule has 0 saturated carbocycles. The van der Waals surface area contributed by atoms with Crippen molar-refractivity contribution in [1.29, 1.82) is 0 Å². The lowest BCUT2D eigenvalue weighted by Gasteiger charge is -2.18. The number of halogens is 2. The van der Waals surface area contributed by atoms with Crippen LogP contribution in [0.15, 0.2) is 51.4 Å². The molecule has 2 nitrogen and oxygen atoms in total. The van der Waals surface area contributed by atoms with Gasteiger partial charge in [-0.05, 0) is 58.6 Å². The zero-order chi connectivity index (χ0) is 13.9. The van der Waals surface area contributed by atoms with Gasteiger partial charge in [-0.25, -0.2) is 0 Å². The van der Waals surface area contributed by atoms with Crippen LogP contribution in [0.2, 0.25) is 0 Å². The van der Waals surface area contributed by atoms with Crippen molar-refractivity contribution in [2.75, 3.05) is 11.9 Å². The van der Waals surface area contributed by atoms with Crippen LogP contribution in [-0.2, 0) is 6.42 Å². The quantitative estimate of drug-likeness (QED) is 0.769. The second-order valence-electron chi connectivity index (χ2n) is 4.89. The summed E-state index contributed by atoms with van der Waals surface area (Å²) in [7, 11) is 0. The Morgan fingerprint density at radius 3 is 2.80 bits per heavy atom. The molecule has 0 radical (unpaired) electrons. The first-order valence-corrected chi connectivity index (χ1v) is 8.24. The molecule has 0 amide bonds. The topological polar surface area (TPSA) is 21.3 Å². The SMILES string of the molecule is Brc1ccc(OC2CCc3ccccc3NC2)c(Br)c1. The first-order valence-electron chi connectivity index (χ1n) is 6.66. The second kappa shape index (κ2) is 6.19. The summed E-state index contributed by atoms with van der Waals surface area (Å²) >= 11 is 7.00. The molecule has 0 spiro atoms. The van der Waals surface area contributed by atoms with Gasteiger partial charge in [0.15, 0.2) is 0 Å². The highest BCUT2D eigenvalue weighted by atomic mass is 79.9. The van der Waals surface area contributed by atoms with Gasteiger partial charge in [0.1, 0.15) is 11.9 Å². The van der Waals surface area contributed by atoms with E-state index in [1.54, 1.807) is 0 Å². The van der Waals surface area contributed by atoms with Crippen molar-refractivity contribution >= 4 is 37.5 Å². The van der Waals surface area contributed by atoms with Gasteiger partial charge in [0.25, 0.3) is 0 Å². The summed E-state index contributed by atoms with van der Waals surface area (Å²) in [6, 6.07) is 14.5. The van der Waals surface area contributed by atoms with E-state index in [9.17, 15) is 0 Å². The second-order valence-corrected chi connectivity index (χ2v) is 6.66. The lowest BCUT2D eigenvalue weighted by Crippen LogP contribution is -2.25. The summed E-state index contributed by atoms with van der Waals surface area (Å²) in [5, 5.41) is 3.48. The Hall–Kier alpha value is -1.00. The number of benzene rings is 2. The smallest absolute Gasteiger partial charge is 0.134 e. The molecule has 2 aromatic carbocycles. The minimum atomic E-state index is 0.180. The van der Waals surface area contributed by atoms with E-state index >= 15 is 0 Å². The van der Waals surface area contributed by atoms with E-state index in [2.05, 4.69) is 61.4 Å². The third-order valence-electron chi connectivity index (χ3n) is 3.46. The van der Waals surface area contributed by atoms with E-state index in [1.165, 1.54) is 11.3 Å². The number of fused-ring (bicyclic) bond motifs is 1. The molecule has 1 heterocycles. The van der Waals surface area contributed by atoms with Gasteiger partial charge in [0, 0.05) is 10.2 Å². The fourth-order valence-corrected chi connectivity index (χ4v) is 3.54. The highest BCUT2D eigenvalue weighted by Gasteiger charge is 2.17. The van der Waals surface area contributed by atoms with Gasteiger partial charge in [0.05, 0.1) is 11.0 Å². The molecular formula is C16H15Br2NO. The molecule has 1 unspecified atom stereocenters. The minimum Gasteiger partial charge on any atom is -0.487 e. The van der Waals surface area contributed by atoms with Crippen LogP contribution in [-0.4, -0.2) is 12.6 Å². The number of rotatable bonds is 2. The number of ether oxygens (including phenoxy) is 1. The van der Waals surface area contributed by atoms with Gasteiger partial charge < -0.3 is 10.1 Å². The number of hydrogen-bond donors (Lipinski definition) is 1. The summed E-state index contributed by atoms with van der Waals surface area (Å²) in [4.78, 5) is 0. The average Bonchev–Trinajstić information content (AvgIpc) is 2.65. The first-order chi connectivity index (χ1) is 9.72. The maximum atomic E-state index is 6.12. The molecule has 1 aliphatic rings. The number of hydrogen-bond acceptors (Lipinski definition) is 2. The van der Waals surface area contributed by atoms with Gasteiger partial charge in [-0.2, -0.15) is 0 Å². The van der Waals surface area contributed by atoms with E-state index in [1.807, 2.05) is 18.2 Å². The standard InChI is InChI=1S/C16H15Br2NO/c17-12-6-8-16(14(18)9-12)20-13-7-5-11-3-1-2-4-15(11)19-10-13/h1-4,6,8-9,13,19H,5,7,10H2. The van der Waals surface area contributed by atoms with E-state index in [0.717, 1.165) is 34.1 Å². The lowest BCUT2D eigenvalue weighted by atomic mass is 10.1. The summed E-state index contributed by atoms with van der Waals surface area (Å²) in [5.41, 5.74) is 2.60. The summed E-state index contributed by atoms with van der Waals surface area (Å²) in [5.74, 6) is 0.894. The third-order valence-corrected chi connectivity index (χ3v) is 4.57. The molecule has 0 bridgehead atoms. The number of nitrogens with one attached hydrogen (secondary N) is 1. The fourth-order valence-electron chi connectivity index (χ4n) is 2.40. The Kier molecular flexibility index (Phi) is 4.32. The van der Waals surface area contributed by atoms with Gasteiger partial charge in [-0.15, -0.1) is 0 Å². The monoisotopic (exact) mass is 395 g/mol. The van der Waals surface area contributed by atoms with E-state index in [0.29, 0.717) is 0 Å². The number of para-hydroxylation sites is 1. The molecule has 4 heteroatoms. The molecule has 20 heavy (non-hydrogen) atoms. The summed E-state index contributed by atoms with van der Waals surface area (Å²) < 4.78 is 8.15. The predicted octanol–water partition coefficient (Wildman–Crippen LogP) is 5.02. The van der Waals surface area contributed by atoms with Gasteiger partial charge in [-0.3, -0.25) is 0 Å². The van der Waals surface area contributed by atoms with Gasteiger partial charge >= 0.3 is 0 Å². The largest absolute Gasteiger partial charge is 0.487 e. The molecule has 104 valence electrons. The van der Waals surface area contributed by atoms with Crippen LogP contribution < -0.4 is 10.1 Å². The normalized spacial score (nSPS) is 17.8. The number of anilines is 1. The van der Waals surface area contributed by atoms with Crippen molar-refractivity contribution in [2.24, 2.45) is 0 Å². The fraction of sp³-hybridized carbons (Fsp3) is 0.250. The Morgan fingerprint density at radius 1 is 1.10 bits per heavy atom. The molecule has 2 aromatic rings. The van der Waals surface area contributed by atoms with E-state index in [-0.39, 0.29) is 6.10 Å². The Labute approximate surface area is 135 Å². The van der Waals surface area contributed by atoms with Crippen molar-refractivity contribution in [3.05, 3.63) is 57.0 Å². The van der Waals surface area contributed by atoms with Crippen LogP contribution in [0.3, 0.4) is 0 Å². The van der Waals surface area contributed by atoms with Gasteiger partial charge in [-0.1, -0.05) is 34.1 Å². The van der Waals surface area contributed by atoms with Crippen LogP contribution in [0.4, 0.5) is 5.69 Å². The van der Waals surface area contributed by atoms with Crippen LogP contribution in [0.5, 0.6) is 5.75 Å². The highest BCUT2D eigenvalue weighted by Crippen LogP contribution is 2.30. The highest BCUT2D eigenvalue weighted by molar-refractivity contribution is 9.11.